The Bertz CT molecular complexity index is 790. The first kappa shape index (κ1) is 18.0. The highest BCUT2D eigenvalue weighted by atomic mass is 19.1. The Hall–Kier alpha value is -2.35. The van der Waals surface area contributed by atoms with E-state index in [0.717, 1.165) is 12.8 Å². The van der Waals surface area contributed by atoms with Gasteiger partial charge in [-0.2, -0.15) is 0 Å². The first-order valence-electron chi connectivity index (χ1n) is 9.48. The topological polar surface area (TPSA) is 54.3 Å². The van der Waals surface area contributed by atoms with Crippen LogP contribution in [0.25, 0.3) is 0 Å². The molecule has 1 aromatic carbocycles. The average Bonchev–Trinajstić information content (AvgIpc) is 3.37. The number of piperidine rings is 1. The zero-order valence-corrected chi connectivity index (χ0v) is 15.2. The number of amides is 1. The molecular weight excluding hydrogens is 352 g/mol. The Kier molecular flexibility index (Phi) is 5.15. The minimum atomic E-state index is -0.637. The zero-order valence-electron chi connectivity index (χ0n) is 15.2. The van der Waals surface area contributed by atoms with Crippen LogP contribution in [-0.4, -0.2) is 62.9 Å². The van der Waals surface area contributed by atoms with Gasteiger partial charge >= 0.3 is 0 Å². The molecular formula is C19H23F2N5O. The summed E-state index contributed by atoms with van der Waals surface area (Å²) >= 11 is 0. The number of rotatable bonds is 4. The van der Waals surface area contributed by atoms with E-state index in [1.165, 1.54) is 55.0 Å². The van der Waals surface area contributed by atoms with Crippen LogP contribution in [0.2, 0.25) is 0 Å². The number of nitrogens with zero attached hydrogens (tertiary/aromatic N) is 5. The van der Waals surface area contributed by atoms with Crippen molar-refractivity contribution in [3.05, 3.63) is 47.3 Å². The smallest absolute Gasteiger partial charge is 0.276 e. The second-order valence-electron chi connectivity index (χ2n) is 7.27. The fraction of sp³-hybridized carbons (Fsp3) is 0.526. The van der Waals surface area contributed by atoms with Crippen LogP contribution in [0.4, 0.5) is 8.78 Å². The van der Waals surface area contributed by atoms with Crippen molar-refractivity contribution in [3.63, 3.8) is 0 Å². The molecule has 4 rings (SSSR count). The van der Waals surface area contributed by atoms with Crippen molar-refractivity contribution >= 4 is 5.91 Å². The molecule has 2 fully saturated rings. The van der Waals surface area contributed by atoms with E-state index in [9.17, 15) is 13.6 Å². The highest BCUT2D eigenvalue weighted by Gasteiger charge is 2.29. The number of carbonyl (C=O) groups is 1. The summed E-state index contributed by atoms with van der Waals surface area (Å²) in [5.41, 5.74) is 0.124. The highest BCUT2D eigenvalue weighted by Crippen LogP contribution is 2.22. The van der Waals surface area contributed by atoms with Crippen LogP contribution >= 0.6 is 0 Å². The van der Waals surface area contributed by atoms with Crippen molar-refractivity contribution < 1.29 is 13.6 Å². The molecule has 0 N–H and O–H groups in total. The summed E-state index contributed by atoms with van der Waals surface area (Å²) in [5, 5.41) is 7.77. The van der Waals surface area contributed by atoms with Gasteiger partial charge in [-0.1, -0.05) is 11.3 Å². The standard InChI is InChI=1S/C19H23F2N5O/c20-16-4-3-5-17(21)15(16)12-26-13-18(22-23-26)19(27)25-10-6-14(7-11-25)24-8-1-2-9-24/h3-5,13-14H,1-2,6-12H2. The van der Waals surface area contributed by atoms with Crippen LogP contribution < -0.4 is 0 Å². The van der Waals surface area contributed by atoms with Gasteiger partial charge in [0.1, 0.15) is 11.6 Å². The summed E-state index contributed by atoms with van der Waals surface area (Å²) < 4.78 is 28.9. The molecule has 0 aliphatic carbocycles. The molecule has 2 saturated heterocycles. The molecule has 144 valence electrons. The number of halogens is 2. The van der Waals surface area contributed by atoms with E-state index in [0.29, 0.717) is 19.1 Å². The number of benzene rings is 1. The van der Waals surface area contributed by atoms with Gasteiger partial charge in [0.25, 0.3) is 5.91 Å². The molecule has 3 heterocycles. The molecule has 0 bridgehead atoms. The van der Waals surface area contributed by atoms with Gasteiger partial charge < -0.3 is 9.80 Å². The van der Waals surface area contributed by atoms with Crippen molar-refractivity contribution in [2.75, 3.05) is 26.2 Å². The highest BCUT2D eigenvalue weighted by molar-refractivity contribution is 5.92. The summed E-state index contributed by atoms with van der Waals surface area (Å²) in [6.07, 6.45) is 5.94. The zero-order chi connectivity index (χ0) is 18.8. The molecule has 2 aromatic rings. The molecule has 8 heteroatoms. The van der Waals surface area contributed by atoms with Crippen molar-refractivity contribution in [2.24, 2.45) is 0 Å². The number of aromatic nitrogens is 3. The van der Waals surface area contributed by atoms with Crippen LogP contribution in [0.3, 0.4) is 0 Å². The molecule has 2 aliphatic rings. The van der Waals surface area contributed by atoms with Crippen molar-refractivity contribution in [2.45, 2.75) is 38.3 Å². The summed E-state index contributed by atoms with van der Waals surface area (Å²) in [7, 11) is 0. The maximum absolute atomic E-state index is 13.8. The van der Waals surface area contributed by atoms with E-state index in [2.05, 4.69) is 15.2 Å². The van der Waals surface area contributed by atoms with E-state index < -0.39 is 11.6 Å². The summed E-state index contributed by atoms with van der Waals surface area (Å²) in [5.74, 6) is -1.44. The average molecular weight is 375 g/mol. The van der Waals surface area contributed by atoms with Gasteiger partial charge in [-0.3, -0.25) is 4.79 Å². The molecule has 0 spiro atoms. The first-order valence-corrected chi connectivity index (χ1v) is 9.48. The van der Waals surface area contributed by atoms with Crippen LogP contribution in [0.1, 0.15) is 41.7 Å². The SMILES string of the molecule is O=C(c1cn(Cc2c(F)cccc2F)nn1)N1CCC(N2CCCC2)CC1. The van der Waals surface area contributed by atoms with Gasteiger partial charge in [-0.05, 0) is 50.9 Å². The van der Waals surface area contributed by atoms with Crippen LogP contribution in [0.5, 0.6) is 0 Å². The van der Waals surface area contributed by atoms with Crippen LogP contribution in [0.15, 0.2) is 24.4 Å². The monoisotopic (exact) mass is 375 g/mol. The largest absolute Gasteiger partial charge is 0.337 e. The predicted octanol–water partition coefficient (Wildman–Crippen LogP) is 2.30. The minimum absolute atomic E-state index is 0.0900. The summed E-state index contributed by atoms with van der Waals surface area (Å²) in [6, 6.07) is 4.28. The first-order chi connectivity index (χ1) is 13.1. The third-order valence-corrected chi connectivity index (χ3v) is 5.55. The second-order valence-corrected chi connectivity index (χ2v) is 7.27. The number of carbonyl (C=O) groups excluding carboxylic acids is 1. The lowest BCUT2D eigenvalue weighted by atomic mass is 10.0. The third kappa shape index (κ3) is 3.85. The summed E-state index contributed by atoms with van der Waals surface area (Å²) in [4.78, 5) is 17.0. The number of likely N-dealkylation sites (tertiary alicyclic amines) is 2. The van der Waals surface area contributed by atoms with Crippen molar-refractivity contribution in [1.82, 2.24) is 24.8 Å². The molecule has 0 atom stereocenters. The van der Waals surface area contributed by atoms with E-state index in [1.807, 2.05) is 0 Å². The molecule has 6 nitrogen and oxygen atoms in total. The molecule has 0 radical (unpaired) electrons. The van der Waals surface area contributed by atoms with Gasteiger partial charge in [0.05, 0.1) is 12.7 Å². The van der Waals surface area contributed by atoms with Crippen LogP contribution in [0, 0.1) is 11.6 Å². The number of hydrogen-bond donors (Lipinski definition) is 0. The Labute approximate surface area is 156 Å². The Morgan fingerprint density at radius 2 is 1.74 bits per heavy atom. The van der Waals surface area contributed by atoms with Crippen LogP contribution in [-0.2, 0) is 6.54 Å². The minimum Gasteiger partial charge on any atom is -0.337 e. The Morgan fingerprint density at radius 1 is 1.07 bits per heavy atom. The molecule has 27 heavy (non-hydrogen) atoms. The molecule has 0 unspecified atom stereocenters. The molecule has 1 aromatic heterocycles. The van der Waals surface area contributed by atoms with Crippen molar-refractivity contribution in [3.8, 4) is 0 Å². The molecule has 1 amide bonds. The molecule has 2 aliphatic heterocycles. The fourth-order valence-corrected chi connectivity index (χ4v) is 4.02. The maximum Gasteiger partial charge on any atom is 0.276 e. The third-order valence-electron chi connectivity index (χ3n) is 5.55. The lowest BCUT2D eigenvalue weighted by Gasteiger charge is -2.36. The van der Waals surface area contributed by atoms with Gasteiger partial charge in [0.15, 0.2) is 5.69 Å². The predicted molar refractivity (Wildman–Crippen MR) is 95.2 cm³/mol. The Balaban J connectivity index is 1.37. The van der Waals surface area contributed by atoms with Gasteiger partial charge in [-0.15, -0.1) is 5.10 Å². The summed E-state index contributed by atoms with van der Waals surface area (Å²) in [6.45, 7) is 3.64. The Morgan fingerprint density at radius 3 is 2.41 bits per heavy atom. The van der Waals surface area contributed by atoms with E-state index in [1.54, 1.807) is 4.90 Å². The quantitative estimate of drug-likeness (QED) is 0.823. The van der Waals surface area contributed by atoms with E-state index >= 15 is 0 Å². The lowest BCUT2D eigenvalue weighted by molar-refractivity contribution is 0.0638. The molecule has 0 saturated carbocycles. The fourth-order valence-electron chi connectivity index (χ4n) is 4.02. The van der Waals surface area contributed by atoms with Gasteiger partial charge in [0.2, 0.25) is 0 Å². The normalized spacial score (nSPS) is 19.0. The van der Waals surface area contributed by atoms with Gasteiger partial charge in [0, 0.05) is 24.7 Å². The van der Waals surface area contributed by atoms with Crippen molar-refractivity contribution in [1.29, 1.82) is 0 Å². The lowest BCUT2D eigenvalue weighted by Crippen LogP contribution is -2.46. The van der Waals surface area contributed by atoms with Gasteiger partial charge in [-0.25, -0.2) is 13.5 Å². The second kappa shape index (κ2) is 7.72. The number of hydrogen-bond acceptors (Lipinski definition) is 4. The van der Waals surface area contributed by atoms with E-state index in [4.69, 9.17) is 0 Å². The van der Waals surface area contributed by atoms with E-state index in [-0.39, 0.29) is 23.7 Å². The maximum atomic E-state index is 13.8.